The van der Waals surface area contributed by atoms with Crippen LogP contribution in [0.25, 0.3) is 10.8 Å². The van der Waals surface area contributed by atoms with E-state index in [4.69, 9.17) is 5.73 Å². The van der Waals surface area contributed by atoms with Crippen LogP contribution in [0.3, 0.4) is 0 Å². The molecule has 2 aromatic carbocycles. The minimum absolute atomic E-state index is 0. The number of fused-ring (bicyclic) bond motifs is 1. The molecule has 4 nitrogen and oxygen atoms in total. The maximum absolute atomic E-state index is 13.0. The zero-order chi connectivity index (χ0) is 16.8. The van der Waals surface area contributed by atoms with Gasteiger partial charge >= 0.3 is 0 Å². The molecule has 1 aliphatic heterocycles. The number of nitrogens with zero attached hydrogens (tertiary/aromatic N) is 1. The van der Waals surface area contributed by atoms with Crippen LogP contribution in [-0.4, -0.2) is 31.9 Å². The van der Waals surface area contributed by atoms with Crippen molar-refractivity contribution in [2.24, 2.45) is 11.1 Å². The van der Waals surface area contributed by atoms with Gasteiger partial charge in [-0.1, -0.05) is 41.9 Å². The zero-order valence-electron chi connectivity index (χ0n) is 13.7. The quantitative estimate of drug-likeness (QED) is 0.784. The number of halogens is 2. The van der Waals surface area contributed by atoms with E-state index in [9.17, 15) is 8.42 Å². The average Bonchev–Trinajstić information content (AvgIpc) is 2.49. The molecule has 1 unspecified atom stereocenters. The van der Waals surface area contributed by atoms with Crippen molar-refractivity contribution >= 4 is 49.1 Å². The number of hydrogen-bond donors (Lipinski definition) is 1. The Balaban J connectivity index is 0.00000208. The van der Waals surface area contributed by atoms with Crippen molar-refractivity contribution in [3.63, 3.8) is 0 Å². The molecule has 1 heterocycles. The summed E-state index contributed by atoms with van der Waals surface area (Å²) in [5.74, 6) is 0. The molecule has 2 aromatic rings. The molecule has 3 rings (SSSR count). The van der Waals surface area contributed by atoms with Gasteiger partial charge < -0.3 is 5.73 Å². The van der Waals surface area contributed by atoms with E-state index in [1.807, 2.05) is 38.1 Å². The predicted octanol–water partition coefficient (Wildman–Crippen LogP) is 3.77. The molecule has 7 heteroatoms. The monoisotopic (exact) mass is 432 g/mol. The highest BCUT2D eigenvalue weighted by Gasteiger charge is 2.38. The molecular formula is C17H22BrClN2O2S. The highest BCUT2D eigenvalue weighted by atomic mass is 79.9. The maximum atomic E-state index is 13.0. The Morgan fingerprint density at radius 2 is 1.79 bits per heavy atom. The molecule has 1 saturated heterocycles. The summed E-state index contributed by atoms with van der Waals surface area (Å²) in [6.45, 7) is 4.98. The number of benzene rings is 2. The number of hydrogen-bond acceptors (Lipinski definition) is 3. The Morgan fingerprint density at radius 3 is 2.46 bits per heavy atom. The van der Waals surface area contributed by atoms with E-state index in [1.54, 1.807) is 16.4 Å². The summed E-state index contributed by atoms with van der Waals surface area (Å²) >= 11 is 3.43. The minimum Gasteiger partial charge on any atom is -0.327 e. The molecule has 0 amide bonds. The molecule has 1 fully saturated rings. The van der Waals surface area contributed by atoms with E-state index in [-0.39, 0.29) is 23.9 Å². The third-order valence-electron chi connectivity index (χ3n) is 4.69. The molecule has 0 aliphatic carbocycles. The lowest BCUT2D eigenvalue weighted by Gasteiger charge is -2.41. The van der Waals surface area contributed by atoms with Crippen molar-refractivity contribution < 1.29 is 8.42 Å². The van der Waals surface area contributed by atoms with Crippen molar-refractivity contribution in [3.8, 4) is 0 Å². The van der Waals surface area contributed by atoms with Gasteiger partial charge in [0.1, 0.15) is 0 Å². The van der Waals surface area contributed by atoms with Gasteiger partial charge in [-0.25, -0.2) is 8.42 Å². The minimum atomic E-state index is -3.49. The van der Waals surface area contributed by atoms with E-state index in [0.29, 0.717) is 24.4 Å². The summed E-state index contributed by atoms with van der Waals surface area (Å²) in [5.41, 5.74) is 5.90. The van der Waals surface area contributed by atoms with Crippen LogP contribution in [-0.2, 0) is 10.0 Å². The van der Waals surface area contributed by atoms with Crippen LogP contribution < -0.4 is 5.73 Å². The summed E-state index contributed by atoms with van der Waals surface area (Å²) in [4.78, 5) is 0.346. The van der Waals surface area contributed by atoms with Crippen LogP contribution in [0, 0.1) is 5.41 Å². The summed E-state index contributed by atoms with van der Waals surface area (Å²) in [6.07, 6.45) is 0.687. The highest BCUT2D eigenvalue weighted by molar-refractivity contribution is 9.10. The second kappa shape index (κ2) is 6.92. The summed E-state index contributed by atoms with van der Waals surface area (Å²) < 4.78 is 28.5. The van der Waals surface area contributed by atoms with Crippen molar-refractivity contribution in [2.75, 3.05) is 13.1 Å². The number of rotatable bonds is 2. The van der Waals surface area contributed by atoms with Gasteiger partial charge in [0, 0.05) is 23.6 Å². The fourth-order valence-corrected chi connectivity index (χ4v) is 5.08. The van der Waals surface area contributed by atoms with E-state index in [2.05, 4.69) is 15.9 Å². The molecule has 0 bridgehead atoms. The molecule has 24 heavy (non-hydrogen) atoms. The van der Waals surface area contributed by atoms with Crippen LogP contribution >= 0.6 is 28.3 Å². The second-order valence-electron chi connectivity index (χ2n) is 6.88. The van der Waals surface area contributed by atoms with Crippen molar-refractivity contribution in [1.82, 2.24) is 4.31 Å². The molecule has 2 N–H and O–H groups in total. The SMILES string of the molecule is CC1(C)CN(S(=O)(=O)c2ccc3cc(Br)ccc3c2)CCC1N.Cl. The van der Waals surface area contributed by atoms with Crippen molar-refractivity contribution in [2.45, 2.75) is 31.2 Å². The van der Waals surface area contributed by atoms with Gasteiger partial charge in [-0.05, 0) is 46.9 Å². The molecule has 0 spiro atoms. The van der Waals surface area contributed by atoms with Gasteiger partial charge in [0.15, 0.2) is 0 Å². The standard InChI is InChI=1S/C17H21BrN2O2S.ClH/c1-17(2)11-20(8-7-16(17)19)23(21,22)15-6-4-12-9-14(18)5-3-13(12)10-15;/h3-6,9-10,16H,7-8,11,19H2,1-2H3;1H. The summed E-state index contributed by atoms with van der Waals surface area (Å²) in [6, 6.07) is 11.1. The third-order valence-corrected chi connectivity index (χ3v) is 7.02. The number of nitrogens with two attached hydrogens (primary N) is 1. The van der Waals surface area contributed by atoms with Gasteiger partial charge in [0.2, 0.25) is 10.0 Å². The van der Waals surface area contributed by atoms with Crippen LogP contribution in [0.1, 0.15) is 20.3 Å². The third kappa shape index (κ3) is 3.63. The van der Waals surface area contributed by atoms with Crippen LogP contribution in [0.15, 0.2) is 45.8 Å². The van der Waals surface area contributed by atoms with E-state index < -0.39 is 10.0 Å². The fraction of sp³-hybridized carbons (Fsp3) is 0.412. The van der Waals surface area contributed by atoms with Crippen LogP contribution in [0.4, 0.5) is 0 Å². The van der Waals surface area contributed by atoms with Gasteiger partial charge in [-0.2, -0.15) is 4.31 Å². The molecule has 0 aromatic heterocycles. The highest BCUT2D eigenvalue weighted by Crippen LogP contribution is 2.32. The second-order valence-corrected chi connectivity index (χ2v) is 9.73. The normalized spacial score (nSPS) is 21.4. The Morgan fingerprint density at radius 1 is 1.17 bits per heavy atom. The number of sulfonamides is 1. The lowest BCUT2D eigenvalue weighted by molar-refractivity contribution is 0.155. The smallest absolute Gasteiger partial charge is 0.243 e. The zero-order valence-corrected chi connectivity index (χ0v) is 16.9. The van der Waals surface area contributed by atoms with Crippen molar-refractivity contribution in [3.05, 3.63) is 40.9 Å². The first kappa shape index (κ1) is 19.7. The Labute approximate surface area is 158 Å². The van der Waals surface area contributed by atoms with Crippen LogP contribution in [0.5, 0.6) is 0 Å². The van der Waals surface area contributed by atoms with E-state index >= 15 is 0 Å². The van der Waals surface area contributed by atoms with Gasteiger partial charge in [-0.15, -0.1) is 12.4 Å². The van der Waals surface area contributed by atoms with E-state index in [0.717, 1.165) is 15.2 Å². The Bertz CT molecular complexity index is 855. The summed E-state index contributed by atoms with van der Waals surface area (Å²) in [5, 5.41) is 1.93. The summed E-state index contributed by atoms with van der Waals surface area (Å²) in [7, 11) is -3.49. The molecule has 1 aliphatic rings. The molecule has 0 saturated carbocycles. The predicted molar refractivity (Wildman–Crippen MR) is 104 cm³/mol. The number of piperidine rings is 1. The first-order valence-electron chi connectivity index (χ1n) is 7.65. The fourth-order valence-electron chi connectivity index (χ4n) is 3.03. The molecular weight excluding hydrogens is 412 g/mol. The van der Waals surface area contributed by atoms with Crippen LogP contribution in [0.2, 0.25) is 0 Å². The lowest BCUT2D eigenvalue weighted by atomic mass is 9.81. The maximum Gasteiger partial charge on any atom is 0.243 e. The lowest BCUT2D eigenvalue weighted by Crippen LogP contribution is -2.53. The molecule has 132 valence electrons. The van der Waals surface area contributed by atoms with Gasteiger partial charge in [0.05, 0.1) is 4.90 Å². The van der Waals surface area contributed by atoms with Gasteiger partial charge in [-0.3, -0.25) is 0 Å². The average molecular weight is 434 g/mol. The van der Waals surface area contributed by atoms with Crippen molar-refractivity contribution in [1.29, 1.82) is 0 Å². The topological polar surface area (TPSA) is 63.4 Å². The largest absolute Gasteiger partial charge is 0.327 e. The Kier molecular flexibility index (Phi) is 5.67. The Hall–Kier alpha value is -0.660. The van der Waals surface area contributed by atoms with E-state index in [1.165, 1.54) is 0 Å². The molecule has 1 atom stereocenters. The molecule has 0 radical (unpaired) electrons. The van der Waals surface area contributed by atoms with Gasteiger partial charge in [0.25, 0.3) is 0 Å². The first-order valence-corrected chi connectivity index (χ1v) is 9.88. The first-order chi connectivity index (χ1) is 10.7.